The van der Waals surface area contributed by atoms with Crippen LogP contribution in [0.4, 0.5) is 8.78 Å². The fourth-order valence-electron chi connectivity index (χ4n) is 0.678. The molecule has 0 fully saturated rings. The minimum atomic E-state index is -4.84. The molecule has 0 aromatic heterocycles. The SMILES string of the molecule is O=S(=O)([O-])c1ccc(F)cc1F. The maximum Gasteiger partial charge on any atom is 0.143 e. The Hall–Kier alpha value is -1.01. The molecule has 0 bridgehead atoms. The van der Waals surface area contributed by atoms with Gasteiger partial charge in [0.25, 0.3) is 0 Å². The van der Waals surface area contributed by atoms with Gasteiger partial charge in [-0.15, -0.1) is 0 Å². The third-order valence-corrected chi connectivity index (χ3v) is 2.03. The molecule has 0 radical (unpaired) electrons. The monoisotopic (exact) mass is 193 g/mol. The Morgan fingerprint density at radius 2 is 1.83 bits per heavy atom. The maximum atomic E-state index is 12.5. The van der Waals surface area contributed by atoms with Crippen LogP contribution in [0.15, 0.2) is 23.1 Å². The summed E-state index contributed by atoms with van der Waals surface area (Å²) in [5.41, 5.74) is 0. The first-order valence-electron chi connectivity index (χ1n) is 2.82. The minimum Gasteiger partial charge on any atom is -0.744 e. The first-order valence-corrected chi connectivity index (χ1v) is 4.23. The van der Waals surface area contributed by atoms with Gasteiger partial charge < -0.3 is 4.55 Å². The maximum absolute atomic E-state index is 12.5. The molecule has 0 aliphatic heterocycles. The van der Waals surface area contributed by atoms with Crippen molar-refractivity contribution in [3.05, 3.63) is 29.8 Å². The normalized spacial score (nSPS) is 11.6. The molecule has 1 rings (SSSR count). The third-order valence-electron chi connectivity index (χ3n) is 1.16. The third kappa shape index (κ3) is 1.77. The number of benzene rings is 1. The van der Waals surface area contributed by atoms with E-state index < -0.39 is 26.6 Å². The van der Waals surface area contributed by atoms with Crippen molar-refractivity contribution in [1.29, 1.82) is 0 Å². The van der Waals surface area contributed by atoms with Gasteiger partial charge in [-0.2, -0.15) is 0 Å². The zero-order chi connectivity index (χ0) is 9.35. The molecule has 0 atom stereocenters. The summed E-state index contributed by atoms with van der Waals surface area (Å²) in [5, 5.41) is 0. The molecule has 0 amide bonds. The first kappa shape index (κ1) is 9.08. The Balaban J connectivity index is 3.39. The van der Waals surface area contributed by atoms with E-state index in [0.29, 0.717) is 18.2 Å². The van der Waals surface area contributed by atoms with Gasteiger partial charge in [-0.25, -0.2) is 17.2 Å². The van der Waals surface area contributed by atoms with Crippen LogP contribution in [0.25, 0.3) is 0 Å². The molecule has 0 N–H and O–H groups in total. The Morgan fingerprint density at radius 3 is 2.25 bits per heavy atom. The van der Waals surface area contributed by atoms with Gasteiger partial charge >= 0.3 is 0 Å². The first-order chi connectivity index (χ1) is 5.41. The van der Waals surface area contributed by atoms with Crippen molar-refractivity contribution in [2.24, 2.45) is 0 Å². The molecule has 0 saturated carbocycles. The van der Waals surface area contributed by atoms with E-state index in [9.17, 15) is 21.8 Å². The van der Waals surface area contributed by atoms with Crippen LogP contribution in [0.2, 0.25) is 0 Å². The predicted octanol–water partition coefficient (Wildman–Crippen LogP) is 0.869. The molecule has 1 aromatic carbocycles. The van der Waals surface area contributed by atoms with Crippen LogP contribution in [0.1, 0.15) is 0 Å². The van der Waals surface area contributed by atoms with Crippen LogP contribution in [0, 0.1) is 11.6 Å². The smallest absolute Gasteiger partial charge is 0.143 e. The summed E-state index contributed by atoms with van der Waals surface area (Å²) >= 11 is 0. The Kier molecular flexibility index (Phi) is 2.12. The molecular formula is C6H3F2O3S-. The second-order valence-corrected chi connectivity index (χ2v) is 3.38. The van der Waals surface area contributed by atoms with Crippen molar-refractivity contribution < 1.29 is 21.8 Å². The Labute approximate surface area is 67.4 Å². The number of hydrogen-bond donors (Lipinski definition) is 0. The minimum absolute atomic E-state index is 0.338. The van der Waals surface area contributed by atoms with Gasteiger partial charge in [-0.3, -0.25) is 0 Å². The summed E-state index contributed by atoms with van der Waals surface area (Å²) in [7, 11) is -4.84. The molecule has 6 heteroatoms. The van der Waals surface area contributed by atoms with E-state index in [0.717, 1.165) is 0 Å². The zero-order valence-corrected chi connectivity index (χ0v) is 6.44. The molecule has 0 spiro atoms. The average molecular weight is 193 g/mol. The molecule has 0 aliphatic carbocycles. The molecule has 66 valence electrons. The standard InChI is InChI=1S/C6H4F2O3S/c7-4-1-2-6(5(8)3-4)12(9,10)11/h1-3H,(H,9,10,11)/p-1. The molecule has 1 aromatic rings. The summed E-state index contributed by atoms with van der Waals surface area (Å²) in [6, 6.07) is 1.63. The lowest BCUT2D eigenvalue weighted by molar-refractivity contribution is 0.453. The van der Waals surface area contributed by atoms with Gasteiger partial charge in [0, 0.05) is 6.07 Å². The summed E-state index contributed by atoms with van der Waals surface area (Å²) < 4.78 is 55.5. The van der Waals surface area contributed by atoms with Gasteiger partial charge in [0.15, 0.2) is 0 Å². The van der Waals surface area contributed by atoms with Gasteiger partial charge in [-0.05, 0) is 12.1 Å². The average Bonchev–Trinajstić information content (AvgIpc) is 1.83. The highest BCUT2D eigenvalue weighted by molar-refractivity contribution is 7.85. The van der Waals surface area contributed by atoms with E-state index in [-0.39, 0.29) is 0 Å². The largest absolute Gasteiger partial charge is 0.744 e. The van der Waals surface area contributed by atoms with Crippen LogP contribution in [-0.2, 0) is 10.1 Å². The van der Waals surface area contributed by atoms with Gasteiger partial charge in [-0.1, -0.05) is 0 Å². The van der Waals surface area contributed by atoms with Gasteiger partial charge in [0.05, 0.1) is 4.90 Å². The molecule has 0 unspecified atom stereocenters. The van der Waals surface area contributed by atoms with Crippen LogP contribution >= 0.6 is 0 Å². The number of halogens is 2. The van der Waals surface area contributed by atoms with E-state index in [4.69, 9.17) is 0 Å². The fraction of sp³-hybridized carbons (Fsp3) is 0. The number of hydrogen-bond acceptors (Lipinski definition) is 3. The second kappa shape index (κ2) is 2.80. The van der Waals surface area contributed by atoms with Crippen molar-refractivity contribution in [3.8, 4) is 0 Å². The van der Waals surface area contributed by atoms with Gasteiger partial charge in [0.1, 0.15) is 21.8 Å². The highest BCUT2D eigenvalue weighted by atomic mass is 32.2. The zero-order valence-electron chi connectivity index (χ0n) is 5.62. The van der Waals surface area contributed by atoms with Crippen molar-refractivity contribution in [2.75, 3.05) is 0 Å². The van der Waals surface area contributed by atoms with Crippen molar-refractivity contribution in [2.45, 2.75) is 4.90 Å². The molecular weight excluding hydrogens is 190 g/mol. The molecule has 0 saturated heterocycles. The summed E-state index contributed by atoms with van der Waals surface area (Å²) in [6.07, 6.45) is 0. The molecule has 3 nitrogen and oxygen atoms in total. The summed E-state index contributed by atoms with van der Waals surface area (Å²) in [6.45, 7) is 0. The molecule has 0 heterocycles. The topological polar surface area (TPSA) is 57.2 Å². The highest BCUT2D eigenvalue weighted by Gasteiger charge is 2.08. The van der Waals surface area contributed by atoms with E-state index in [1.165, 1.54) is 0 Å². The fourth-order valence-corrected chi connectivity index (χ4v) is 1.21. The molecule has 0 aliphatic rings. The van der Waals surface area contributed by atoms with E-state index in [1.54, 1.807) is 0 Å². The van der Waals surface area contributed by atoms with Crippen molar-refractivity contribution >= 4 is 10.1 Å². The summed E-state index contributed by atoms with van der Waals surface area (Å²) in [5.74, 6) is -2.30. The van der Waals surface area contributed by atoms with Crippen LogP contribution in [0.3, 0.4) is 0 Å². The summed E-state index contributed by atoms with van der Waals surface area (Å²) in [4.78, 5) is -1.04. The Morgan fingerprint density at radius 1 is 1.25 bits per heavy atom. The highest BCUT2D eigenvalue weighted by Crippen LogP contribution is 2.14. The lowest BCUT2D eigenvalue weighted by Crippen LogP contribution is -2.01. The van der Waals surface area contributed by atoms with Crippen LogP contribution in [-0.4, -0.2) is 13.0 Å². The van der Waals surface area contributed by atoms with E-state index in [2.05, 4.69) is 0 Å². The van der Waals surface area contributed by atoms with E-state index >= 15 is 0 Å². The van der Waals surface area contributed by atoms with Crippen LogP contribution < -0.4 is 0 Å². The lowest BCUT2D eigenvalue weighted by atomic mass is 10.3. The van der Waals surface area contributed by atoms with Crippen molar-refractivity contribution in [3.63, 3.8) is 0 Å². The van der Waals surface area contributed by atoms with E-state index in [1.807, 2.05) is 0 Å². The number of rotatable bonds is 1. The van der Waals surface area contributed by atoms with Gasteiger partial charge in [0.2, 0.25) is 0 Å². The lowest BCUT2D eigenvalue weighted by Gasteiger charge is -2.06. The second-order valence-electron chi connectivity index (χ2n) is 2.03. The predicted molar refractivity (Wildman–Crippen MR) is 34.3 cm³/mol. The quantitative estimate of drug-likeness (QED) is 0.622. The van der Waals surface area contributed by atoms with Crippen LogP contribution in [0.5, 0.6) is 0 Å². The molecule has 12 heavy (non-hydrogen) atoms. The van der Waals surface area contributed by atoms with Crippen molar-refractivity contribution in [1.82, 2.24) is 0 Å². The Bertz CT molecular complexity index is 399.